The maximum atomic E-state index is 12.3. The Morgan fingerprint density at radius 2 is 1.93 bits per heavy atom. The maximum absolute atomic E-state index is 12.3. The van der Waals surface area contributed by atoms with Crippen LogP contribution in [0, 0.1) is 0 Å². The van der Waals surface area contributed by atoms with Crippen molar-refractivity contribution in [1.82, 2.24) is 0 Å². The van der Waals surface area contributed by atoms with Crippen molar-refractivity contribution in [2.45, 2.75) is 6.18 Å². The highest BCUT2D eigenvalue weighted by Gasteiger charge is 2.39. The van der Waals surface area contributed by atoms with E-state index in [4.69, 9.17) is 5.21 Å². The fourth-order valence-corrected chi connectivity index (χ4v) is 1.32. The van der Waals surface area contributed by atoms with Gasteiger partial charge in [0.05, 0.1) is 5.56 Å². The number of aromatic hydroxyl groups is 1. The second-order valence-electron chi connectivity index (χ2n) is 2.61. The second kappa shape index (κ2) is 4.09. The monoisotopic (exact) mass is 283 g/mol. The molecule has 0 saturated heterocycles. The molecule has 0 bridgehead atoms. The van der Waals surface area contributed by atoms with Gasteiger partial charge in [0.1, 0.15) is 5.75 Å². The van der Waals surface area contributed by atoms with Gasteiger partial charge >= 0.3 is 6.18 Å². The first kappa shape index (κ1) is 11.8. The van der Waals surface area contributed by atoms with E-state index in [9.17, 15) is 18.3 Å². The van der Waals surface area contributed by atoms with Crippen LogP contribution in [0.3, 0.4) is 0 Å². The highest BCUT2D eigenvalue weighted by atomic mass is 79.9. The van der Waals surface area contributed by atoms with Gasteiger partial charge in [0.2, 0.25) is 0 Å². The Kier molecular flexibility index (Phi) is 3.23. The molecule has 1 aromatic carbocycles. The molecule has 0 heterocycles. The molecule has 1 aromatic rings. The van der Waals surface area contributed by atoms with Crippen LogP contribution < -0.4 is 0 Å². The van der Waals surface area contributed by atoms with Gasteiger partial charge in [-0.05, 0) is 18.2 Å². The quantitative estimate of drug-likeness (QED) is 0.473. The average molecular weight is 284 g/mol. The first-order valence-corrected chi connectivity index (χ1v) is 4.43. The van der Waals surface area contributed by atoms with Crippen LogP contribution in [0.1, 0.15) is 5.56 Å². The van der Waals surface area contributed by atoms with Crippen molar-refractivity contribution in [3.63, 3.8) is 0 Å². The summed E-state index contributed by atoms with van der Waals surface area (Å²) in [7, 11) is 0. The lowest BCUT2D eigenvalue weighted by molar-refractivity contribution is -0.0602. The lowest BCUT2D eigenvalue weighted by Crippen LogP contribution is -2.24. The van der Waals surface area contributed by atoms with Gasteiger partial charge in [-0.15, -0.1) is 0 Å². The zero-order chi connectivity index (χ0) is 11.6. The molecule has 0 amide bonds. The first-order chi connectivity index (χ1) is 6.86. The van der Waals surface area contributed by atoms with E-state index in [1.54, 1.807) is 0 Å². The zero-order valence-corrected chi connectivity index (χ0v) is 8.67. The van der Waals surface area contributed by atoms with E-state index < -0.39 is 23.2 Å². The van der Waals surface area contributed by atoms with Crippen molar-refractivity contribution in [3.8, 4) is 5.75 Å². The van der Waals surface area contributed by atoms with E-state index in [0.29, 0.717) is 4.47 Å². The zero-order valence-electron chi connectivity index (χ0n) is 7.09. The van der Waals surface area contributed by atoms with Gasteiger partial charge in [-0.2, -0.15) is 13.2 Å². The molecule has 0 aliphatic heterocycles. The third-order valence-electron chi connectivity index (χ3n) is 1.58. The minimum atomic E-state index is -4.82. The standard InChI is InChI=1S/C8H5BrF3NO2/c9-4-1-2-5(6(14)3-4)7(13-15)8(10,11)12/h1-3,14-15H/b13-7-. The van der Waals surface area contributed by atoms with E-state index in [1.807, 2.05) is 0 Å². The lowest BCUT2D eigenvalue weighted by atomic mass is 10.1. The molecule has 0 aliphatic carbocycles. The van der Waals surface area contributed by atoms with E-state index in [2.05, 4.69) is 21.1 Å². The number of hydrogen-bond donors (Lipinski definition) is 2. The Balaban J connectivity index is 3.27. The predicted molar refractivity (Wildman–Crippen MR) is 50.2 cm³/mol. The van der Waals surface area contributed by atoms with Gasteiger partial charge in [-0.25, -0.2) is 0 Å². The molecule has 0 unspecified atom stereocenters. The van der Waals surface area contributed by atoms with Crippen LogP contribution in [0.4, 0.5) is 13.2 Å². The average Bonchev–Trinajstić information content (AvgIpc) is 2.07. The summed E-state index contributed by atoms with van der Waals surface area (Å²) in [5.41, 5.74) is -2.11. The number of phenols is 1. The van der Waals surface area contributed by atoms with Crippen molar-refractivity contribution in [2.24, 2.45) is 5.16 Å². The summed E-state index contributed by atoms with van der Waals surface area (Å²) in [6.07, 6.45) is -4.82. The molecule has 82 valence electrons. The topological polar surface area (TPSA) is 52.8 Å². The molecule has 0 radical (unpaired) electrons. The van der Waals surface area contributed by atoms with E-state index >= 15 is 0 Å². The first-order valence-electron chi connectivity index (χ1n) is 3.64. The molecule has 0 fully saturated rings. The van der Waals surface area contributed by atoms with Crippen LogP contribution in [0.2, 0.25) is 0 Å². The molecule has 2 N–H and O–H groups in total. The van der Waals surface area contributed by atoms with Gasteiger partial charge in [0.15, 0.2) is 5.71 Å². The lowest BCUT2D eigenvalue weighted by Gasteiger charge is -2.10. The molecular weight excluding hydrogens is 279 g/mol. The number of halogens is 4. The highest BCUT2D eigenvalue weighted by Crippen LogP contribution is 2.29. The van der Waals surface area contributed by atoms with Crippen molar-refractivity contribution < 1.29 is 23.5 Å². The Hall–Kier alpha value is -1.24. The minimum Gasteiger partial charge on any atom is -0.507 e. The molecule has 0 aliphatic rings. The van der Waals surface area contributed by atoms with E-state index in [-0.39, 0.29) is 0 Å². The Morgan fingerprint density at radius 1 is 1.33 bits per heavy atom. The number of hydrogen-bond acceptors (Lipinski definition) is 3. The molecule has 0 atom stereocenters. The second-order valence-corrected chi connectivity index (χ2v) is 3.52. The molecule has 3 nitrogen and oxygen atoms in total. The molecule has 0 saturated carbocycles. The highest BCUT2D eigenvalue weighted by molar-refractivity contribution is 9.10. The summed E-state index contributed by atoms with van der Waals surface area (Å²) in [6, 6.07) is 3.38. The van der Waals surface area contributed by atoms with E-state index in [0.717, 1.165) is 12.1 Å². The van der Waals surface area contributed by atoms with Crippen LogP contribution in [0.25, 0.3) is 0 Å². The molecular formula is C8H5BrF3NO2. The van der Waals surface area contributed by atoms with Crippen LogP contribution >= 0.6 is 15.9 Å². The van der Waals surface area contributed by atoms with Crippen molar-refractivity contribution in [2.75, 3.05) is 0 Å². The summed E-state index contributed by atoms with van der Waals surface area (Å²) < 4.78 is 37.2. The van der Waals surface area contributed by atoms with E-state index in [1.165, 1.54) is 6.07 Å². The summed E-state index contributed by atoms with van der Waals surface area (Å²) in [6.45, 7) is 0. The van der Waals surface area contributed by atoms with Crippen LogP contribution in [0.5, 0.6) is 5.75 Å². The van der Waals surface area contributed by atoms with Gasteiger partial charge in [-0.3, -0.25) is 0 Å². The van der Waals surface area contributed by atoms with Crippen LogP contribution in [-0.2, 0) is 0 Å². The molecule has 7 heteroatoms. The Morgan fingerprint density at radius 3 is 2.33 bits per heavy atom. The van der Waals surface area contributed by atoms with Crippen molar-refractivity contribution >= 4 is 21.6 Å². The molecule has 0 spiro atoms. The number of alkyl halides is 3. The molecule has 15 heavy (non-hydrogen) atoms. The summed E-state index contributed by atoms with van der Waals surface area (Å²) in [5, 5.41) is 19.6. The minimum absolute atomic E-state index is 0.420. The largest absolute Gasteiger partial charge is 0.507 e. The number of oxime groups is 1. The van der Waals surface area contributed by atoms with Crippen LogP contribution in [0.15, 0.2) is 27.8 Å². The smallest absolute Gasteiger partial charge is 0.437 e. The third kappa shape index (κ3) is 2.62. The Labute approximate surface area is 91.0 Å². The van der Waals surface area contributed by atoms with Crippen LogP contribution in [-0.4, -0.2) is 22.2 Å². The van der Waals surface area contributed by atoms with Gasteiger partial charge in [-0.1, -0.05) is 21.1 Å². The summed E-state index contributed by atoms with van der Waals surface area (Å²) in [5.74, 6) is -0.616. The SMILES string of the molecule is O/N=C(/c1ccc(Br)cc1O)C(F)(F)F. The third-order valence-corrected chi connectivity index (χ3v) is 2.08. The number of rotatable bonds is 1. The van der Waals surface area contributed by atoms with Gasteiger partial charge in [0, 0.05) is 4.47 Å². The summed E-state index contributed by atoms with van der Waals surface area (Å²) in [4.78, 5) is 0. The molecule has 0 aromatic heterocycles. The summed E-state index contributed by atoms with van der Waals surface area (Å²) >= 11 is 2.97. The van der Waals surface area contributed by atoms with Crippen molar-refractivity contribution in [1.29, 1.82) is 0 Å². The fraction of sp³-hybridized carbons (Fsp3) is 0.125. The molecule has 1 rings (SSSR count). The Bertz CT molecular complexity index is 403. The predicted octanol–water partition coefficient (Wildman–Crippen LogP) is 2.90. The number of phenolic OH excluding ortho intramolecular Hbond substituents is 1. The normalized spacial score (nSPS) is 12.9. The van der Waals surface area contributed by atoms with Gasteiger partial charge in [0.25, 0.3) is 0 Å². The van der Waals surface area contributed by atoms with Crippen molar-refractivity contribution in [3.05, 3.63) is 28.2 Å². The fourth-order valence-electron chi connectivity index (χ4n) is 0.968. The van der Waals surface area contributed by atoms with Gasteiger partial charge < -0.3 is 10.3 Å². The maximum Gasteiger partial charge on any atom is 0.437 e. The number of nitrogens with zero attached hydrogens (tertiary/aromatic N) is 1. The number of benzene rings is 1.